The summed E-state index contributed by atoms with van der Waals surface area (Å²) < 4.78 is 27.5. The Morgan fingerprint density at radius 1 is 0.967 bits per heavy atom. The molecule has 0 atom stereocenters. The van der Waals surface area contributed by atoms with Crippen LogP contribution in [0.1, 0.15) is 11.3 Å². The maximum Gasteiger partial charge on any atom is 0.243 e. The highest BCUT2D eigenvalue weighted by Gasteiger charge is 2.27. The monoisotopic (exact) mass is 463 g/mol. The fourth-order valence-electron chi connectivity index (χ4n) is 2.72. The lowest BCUT2D eigenvalue weighted by Gasteiger charge is -2.22. The van der Waals surface area contributed by atoms with Gasteiger partial charge in [0.05, 0.1) is 33.7 Å². The third-order valence-corrected chi connectivity index (χ3v) is 6.78. The van der Waals surface area contributed by atoms with E-state index in [9.17, 15) is 13.2 Å². The van der Waals surface area contributed by atoms with Crippen LogP contribution in [0, 0.1) is 0 Å². The topological polar surface area (TPSA) is 79.4 Å². The lowest BCUT2D eigenvalue weighted by Crippen LogP contribution is -2.40. The van der Waals surface area contributed by atoms with Crippen LogP contribution in [0.2, 0.25) is 10.0 Å². The number of aromatic nitrogens is 1. The van der Waals surface area contributed by atoms with Gasteiger partial charge in [-0.2, -0.15) is 4.31 Å². The first-order chi connectivity index (χ1) is 14.4. The van der Waals surface area contributed by atoms with E-state index in [4.69, 9.17) is 23.2 Å². The summed E-state index contributed by atoms with van der Waals surface area (Å²) in [5.41, 5.74) is 1.29. The molecule has 0 saturated heterocycles. The van der Waals surface area contributed by atoms with Crippen LogP contribution in [0.25, 0.3) is 0 Å². The molecule has 1 amide bonds. The first-order valence-electron chi connectivity index (χ1n) is 9.02. The molecule has 3 aromatic rings. The Bertz CT molecular complexity index is 1110. The lowest BCUT2D eigenvalue weighted by molar-refractivity contribution is -0.121. The predicted octanol–water partition coefficient (Wildman–Crippen LogP) is 3.90. The molecule has 0 spiro atoms. The van der Waals surface area contributed by atoms with Gasteiger partial charge in [0.2, 0.25) is 15.9 Å². The molecule has 156 valence electrons. The molecule has 9 heteroatoms. The quantitative estimate of drug-likeness (QED) is 0.549. The van der Waals surface area contributed by atoms with Crippen LogP contribution >= 0.6 is 23.2 Å². The summed E-state index contributed by atoms with van der Waals surface area (Å²) in [7, 11) is -3.92. The summed E-state index contributed by atoms with van der Waals surface area (Å²) in [5, 5.41) is 3.38. The highest BCUT2D eigenvalue weighted by atomic mass is 35.5. The highest BCUT2D eigenvalue weighted by Crippen LogP contribution is 2.25. The first kappa shape index (κ1) is 22.2. The molecule has 3 rings (SSSR count). The second-order valence-electron chi connectivity index (χ2n) is 6.43. The second-order valence-corrected chi connectivity index (χ2v) is 9.18. The van der Waals surface area contributed by atoms with Crippen molar-refractivity contribution in [1.82, 2.24) is 14.6 Å². The van der Waals surface area contributed by atoms with Crippen LogP contribution < -0.4 is 5.32 Å². The number of carbonyl (C=O) groups excluding carboxylic acids is 1. The Hall–Kier alpha value is -2.45. The van der Waals surface area contributed by atoms with Crippen molar-refractivity contribution in [3.05, 3.63) is 94.2 Å². The Morgan fingerprint density at radius 2 is 1.70 bits per heavy atom. The molecule has 0 unspecified atom stereocenters. The number of pyridine rings is 1. The van der Waals surface area contributed by atoms with Gasteiger partial charge < -0.3 is 5.32 Å². The van der Waals surface area contributed by atoms with Gasteiger partial charge in [-0.3, -0.25) is 9.78 Å². The molecule has 0 bridgehead atoms. The Morgan fingerprint density at radius 3 is 2.37 bits per heavy atom. The highest BCUT2D eigenvalue weighted by molar-refractivity contribution is 7.89. The fraction of sp³-hybridized carbons (Fsp3) is 0.143. The minimum absolute atomic E-state index is 0.0366. The molecular formula is C21H19Cl2N3O3S. The van der Waals surface area contributed by atoms with E-state index in [1.807, 2.05) is 6.07 Å². The molecule has 1 heterocycles. The summed E-state index contributed by atoms with van der Waals surface area (Å²) >= 11 is 12.0. The Kier molecular flexibility index (Phi) is 7.44. The van der Waals surface area contributed by atoms with E-state index in [0.717, 1.165) is 4.31 Å². The molecule has 0 fully saturated rings. The molecule has 2 aromatic carbocycles. The maximum absolute atomic E-state index is 13.2. The molecular weight excluding hydrogens is 445 g/mol. The summed E-state index contributed by atoms with van der Waals surface area (Å²) in [6.45, 7) is -0.193. The lowest BCUT2D eigenvalue weighted by atomic mass is 10.2. The van der Waals surface area contributed by atoms with Crippen molar-refractivity contribution < 1.29 is 13.2 Å². The van der Waals surface area contributed by atoms with Gasteiger partial charge in [0.25, 0.3) is 0 Å². The summed E-state index contributed by atoms with van der Waals surface area (Å²) in [6.07, 6.45) is 1.62. The average molecular weight is 464 g/mol. The van der Waals surface area contributed by atoms with E-state index in [-0.39, 0.29) is 24.5 Å². The Labute approximate surface area is 185 Å². The number of hydrogen-bond donors (Lipinski definition) is 1. The number of carbonyl (C=O) groups is 1. The van der Waals surface area contributed by atoms with E-state index in [1.165, 1.54) is 12.1 Å². The normalized spacial score (nSPS) is 11.4. The number of rotatable bonds is 8. The maximum atomic E-state index is 13.2. The molecule has 1 aromatic heterocycles. The van der Waals surface area contributed by atoms with Crippen molar-refractivity contribution in [3.8, 4) is 0 Å². The number of amides is 1. The molecule has 0 aliphatic carbocycles. The third kappa shape index (κ3) is 5.79. The minimum Gasteiger partial charge on any atom is -0.349 e. The molecule has 0 saturated carbocycles. The van der Waals surface area contributed by atoms with E-state index in [0.29, 0.717) is 21.3 Å². The van der Waals surface area contributed by atoms with Gasteiger partial charge in [0.1, 0.15) is 0 Å². The number of nitrogens with one attached hydrogen (secondary N) is 1. The van der Waals surface area contributed by atoms with Crippen LogP contribution in [-0.2, 0) is 27.9 Å². The molecule has 6 nitrogen and oxygen atoms in total. The number of nitrogens with zero attached hydrogens (tertiary/aromatic N) is 2. The van der Waals surface area contributed by atoms with E-state index in [1.54, 1.807) is 54.7 Å². The van der Waals surface area contributed by atoms with E-state index >= 15 is 0 Å². The molecule has 30 heavy (non-hydrogen) atoms. The van der Waals surface area contributed by atoms with E-state index in [2.05, 4.69) is 10.3 Å². The van der Waals surface area contributed by atoms with Crippen molar-refractivity contribution >= 4 is 39.1 Å². The first-order valence-corrected chi connectivity index (χ1v) is 11.2. The largest absolute Gasteiger partial charge is 0.349 e. The van der Waals surface area contributed by atoms with Gasteiger partial charge in [-0.25, -0.2) is 8.42 Å². The van der Waals surface area contributed by atoms with Crippen LogP contribution in [0.4, 0.5) is 0 Å². The van der Waals surface area contributed by atoms with Crippen molar-refractivity contribution in [3.63, 3.8) is 0 Å². The summed E-state index contributed by atoms with van der Waals surface area (Å²) in [6, 6.07) is 18.2. The van der Waals surface area contributed by atoms with Gasteiger partial charge in [-0.1, -0.05) is 53.5 Å². The van der Waals surface area contributed by atoms with Gasteiger partial charge in [0.15, 0.2) is 0 Å². The number of halogens is 2. The van der Waals surface area contributed by atoms with Crippen LogP contribution in [-0.4, -0.2) is 30.2 Å². The van der Waals surface area contributed by atoms with Crippen LogP contribution in [0.3, 0.4) is 0 Å². The minimum atomic E-state index is -3.92. The van der Waals surface area contributed by atoms with Gasteiger partial charge >= 0.3 is 0 Å². The van der Waals surface area contributed by atoms with E-state index < -0.39 is 15.9 Å². The third-order valence-electron chi connectivity index (χ3n) is 4.24. The van der Waals surface area contributed by atoms with Crippen molar-refractivity contribution in [2.24, 2.45) is 0 Å². The van der Waals surface area contributed by atoms with Crippen molar-refractivity contribution in [1.29, 1.82) is 0 Å². The molecule has 1 N–H and O–H groups in total. The number of sulfonamides is 1. The van der Waals surface area contributed by atoms with Gasteiger partial charge in [0, 0.05) is 12.7 Å². The van der Waals surface area contributed by atoms with Crippen LogP contribution in [0.5, 0.6) is 0 Å². The standard InChI is InChI=1S/C21H19Cl2N3O3S/c22-19-10-9-16(12-20(19)23)14-26(30(28,29)18-7-2-1-3-8-18)15-21(27)25-13-17-6-4-5-11-24-17/h1-12H,13-15H2,(H,25,27). The van der Waals surface area contributed by atoms with Crippen LogP contribution in [0.15, 0.2) is 77.8 Å². The zero-order chi connectivity index (χ0) is 21.6. The molecule has 0 aliphatic rings. The van der Waals surface area contributed by atoms with Crippen molar-refractivity contribution in [2.75, 3.05) is 6.54 Å². The molecule has 0 aliphatic heterocycles. The summed E-state index contributed by atoms with van der Waals surface area (Å²) in [4.78, 5) is 16.8. The average Bonchev–Trinajstić information content (AvgIpc) is 2.75. The predicted molar refractivity (Wildman–Crippen MR) is 117 cm³/mol. The zero-order valence-electron chi connectivity index (χ0n) is 15.8. The SMILES string of the molecule is O=C(CN(Cc1ccc(Cl)c(Cl)c1)S(=O)(=O)c1ccccc1)NCc1ccccn1. The number of hydrogen-bond acceptors (Lipinski definition) is 4. The smallest absolute Gasteiger partial charge is 0.243 e. The molecule has 0 radical (unpaired) electrons. The second kappa shape index (κ2) is 10.0. The zero-order valence-corrected chi connectivity index (χ0v) is 18.2. The number of benzene rings is 2. The van der Waals surface area contributed by atoms with Gasteiger partial charge in [-0.15, -0.1) is 0 Å². The Balaban J connectivity index is 1.81. The summed E-state index contributed by atoms with van der Waals surface area (Å²) in [5.74, 6) is -0.444. The van der Waals surface area contributed by atoms with Crippen molar-refractivity contribution in [2.45, 2.75) is 18.0 Å². The fourth-order valence-corrected chi connectivity index (χ4v) is 4.44. The van der Waals surface area contributed by atoms with Gasteiger partial charge in [-0.05, 0) is 42.0 Å².